The van der Waals surface area contributed by atoms with Gasteiger partial charge in [-0.15, -0.1) is 0 Å². The van der Waals surface area contributed by atoms with E-state index in [2.05, 4.69) is 14.9 Å². The van der Waals surface area contributed by atoms with Crippen molar-refractivity contribution in [3.8, 4) is 0 Å². The summed E-state index contributed by atoms with van der Waals surface area (Å²) in [6.07, 6.45) is 3.13. The summed E-state index contributed by atoms with van der Waals surface area (Å²) in [7, 11) is -3.10. The van der Waals surface area contributed by atoms with Crippen LogP contribution in [0.4, 0.5) is 0 Å². The second-order valence-electron chi connectivity index (χ2n) is 7.21. The summed E-state index contributed by atoms with van der Waals surface area (Å²) < 4.78 is 26.6. The van der Waals surface area contributed by atoms with E-state index in [4.69, 9.17) is 0 Å². The number of piperidine rings is 1. The van der Waals surface area contributed by atoms with Crippen LogP contribution in [0, 0.1) is 0 Å². The van der Waals surface area contributed by atoms with Crippen LogP contribution in [0.2, 0.25) is 0 Å². The van der Waals surface area contributed by atoms with E-state index in [1.165, 1.54) is 0 Å². The summed E-state index contributed by atoms with van der Waals surface area (Å²) in [5.41, 5.74) is -0.213. The molecule has 1 aliphatic heterocycles. The molecule has 1 amide bonds. The molecule has 0 spiro atoms. The van der Waals surface area contributed by atoms with Gasteiger partial charge in [0, 0.05) is 24.7 Å². The van der Waals surface area contributed by atoms with E-state index >= 15 is 0 Å². The molecular formula is C14H27N3O3S. The van der Waals surface area contributed by atoms with Crippen LogP contribution in [0.5, 0.6) is 0 Å². The molecule has 1 saturated carbocycles. The van der Waals surface area contributed by atoms with Crippen molar-refractivity contribution in [2.45, 2.75) is 63.3 Å². The SMILES string of the molecule is CC(C)(C)NC(=O)CN1CCC(NS(=O)(=O)C2CC2)CC1. The van der Waals surface area contributed by atoms with Gasteiger partial charge in [-0.3, -0.25) is 9.69 Å². The molecule has 122 valence electrons. The van der Waals surface area contributed by atoms with E-state index in [0.717, 1.165) is 38.8 Å². The van der Waals surface area contributed by atoms with Crippen LogP contribution in [0.25, 0.3) is 0 Å². The highest BCUT2D eigenvalue weighted by molar-refractivity contribution is 7.90. The lowest BCUT2D eigenvalue weighted by atomic mass is 10.1. The Morgan fingerprint density at radius 2 is 1.71 bits per heavy atom. The maximum Gasteiger partial charge on any atom is 0.234 e. The molecule has 0 aromatic carbocycles. The van der Waals surface area contributed by atoms with Gasteiger partial charge < -0.3 is 5.32 Å². The Morgan fingerprint density at radius 3 is 2.19 bits per heavy atom. The minimum Gasteiger partial charge on any atom is -0.350 e. The van der Waals surface area contributed by atoms with Crippen LogP contribution in [-0.2, 0) is 14.8 Å². The van der Waals surface area contributed by atoms with Crippen molar-refractivity contribution < 1.29 is 13.2 Å². The number of nitrogens with zero attached hydrogens (tertiary/aromatic N) is 1. The fourth-order valence-corrected chi connectivity index (χ4v) is 4.23. The Balaban J connectivity index is 1.72. The quantitative estimate of drug-likeness (QED) is 0.771. The molecule has 1 saturated heterocycles. The highest BCUT2D eigenvalue weighted by atomic mass is 32.2. The molecule has 6 nitrogen and oxygen atoms in total. The number of carbonyl (C=O) groups is 1. The summed E-state index contributed by atoms with van der Waals surface area (Å²) in [5, 5.41) is 2.79. The smallest absolute Gasteiger partial charge is 0.234 e. The van der Waals surface area contributed by atoms with Crippen molar-refractivity contribution >= 4 is 15.9 Å². The highest BCUT2D eigenvalue weighted by Crippen LogP contribution is 2.28. The Kier molecular flexibility index (Phi) is 4.95. The van der Waals surface area contributed by atoms with Gasteiger partial charge in [-0.1, -0.05) is 0 Å². The second-order valence-corrected chi connectivity index (χ2v) is 9.20. The van der Waals surface area contributed by atoms with Gasteiger partial charge in [-0.05, 0) is 46.5 Å². The van der Waals surface area contributed by atoms with E-state index in [0.29, 0.717) is 6.54 Å². The van der Waals surface area contributed by atoms with E-state index < -0.39 is 10.0 Å². The van der Waals surface area contributed by atoms with Gasteiger partial charge in [0.15, 0.2) is 0 Å². The lowest BCUT2D eigenvalue weighted by molar-refractivity contribution is -0.123. The van der Waals surface area contributed by atoms with Gasteiger partial charge in [0.25, 0.3) is 0 Å². The number of hydrogen-bond donors (Lipinski definition) is 2. The number of nitrogens with one attached hydrogen (secondary N) is 2. The van der Waals surface area contributed by atoms with Crippen molar-refractivity contribution in [3.63, 3.8) is 0 Å². The Labute approximate surface area is 127 Å². The van der Waals surface area contributed by atoms with Crippen LogP contribution in [0.1, 0.15) is 46.5 Å². The van der Waals surface area contributed by atoms with Gasteiger partial charge in [-0.2, -0.15) is 0 Å². The average molecular weight is 317 g/mol. The van der Waals surface area contributed by atoms with E-state index in [-0.39, 0.29) is 22.7 Å². The first-order valence-corrected chi connectivity index (χ1v) is 9.25. The third-order valence-electron chi connectivity index (χ3n) is 3.76. The maximum atomic E-state index is 11.9. The molecule has 2 rings (SSSR count). The van der Waals surface area contributed by atoms with Crippen molar-refractivity contribution in [1.29, 1.82) is 0 Å². The van der Waals surface area contributed by atoms with Crippen LogP contribution in [0.3, 0.4) is 0 Å². The molecule has 0 aromatic heterocycles. The van der Waals surface area contributed by atoms with Crippen molar-refractivity contribution in [1.82, 2.24) is 14.9 Å². The van der Waals surface area contributed by atoms with Gasteiger partial charge >= 0.3 is 0 Å². The number of carbonyl (C=O) groups excluding carboxylic acids is 1. The van der Waals surface area contributed by atoms with Crippen LogP contribution in [0.15, 0.2) is 0 Å². The minimum absolute atomic E-state index is 0.0255. The largest absolute Gasteiger partial charge is 0.350 e. The summed E-state index contributed by atoms with van der Waals surface area (Å²) in [6.45, 7) is 7.79. The molecule has 1 heterocycles. The van der Waals surface area contributed by atoms with Crippen molar-refractivity contribution in [2.75, 3.05) is 19.6 Å². The van der Waals surface area contributed by atoms with Crippen molar-refractivity contribution in [2.24, 2.45) is 0 Å². The first kappa shape index (κ1) is 16.7. The van der Waals surface area contributed by atoms with Crippen LogP contribution >= 0.6 is 0 Å². The normalized spacial score (nSPS) is 22.2. The molecule has 7 heteroatoms. The second kappa shape index (κ2) is 6.22. The first-order valence-electron chi connectivity index (χ1n) is 7.70. The van der Waals surface area contributed by atoms with Crippen molar-refractivity contribution in [3.05, 3.63) is 0 Å². The van der Waals surface area contributed by atoms with Gasteiger partial charge in [-0.25, -0.2) is 13.1 Å². The summed E-state index contributed by atoms with van der Waals surface area (Å²) >= 11 is 0. The zero-order valence-corrected chi connectivity index (χ0v) is 14.0. The highest BCUT2D eigenvalue weighted by Gasteiger charge is 2.37. The lowest BCUT2D eigenvalue weighted by Gasteiger charge is -2.32. The zero-order chi connectivity index (χ0) is 15.7. The molecule has 0 radical (unpaired) electrons. The number of likely N-dealkylation sites (tertiary alicyclic amines) is 1. The Bertz CT molecular complexity index is 472. The Hall–Kier alpha value is -0.660. The summed E-state index contributed by atoms with van der Waals surface area (Å²) in [4.78, 5) is 14.0. The monoisotopic (exact) mass is 317 g/mol. The van der Waals surface area contributed by atoms with Gasteiger partial charge in [0.05, 0.1) is 11.8 Å². The average Bonchev–Trinajstić information content (AvgIpc) is 3.12. The number of hydrogen-bond acceptors (Lipinski definition) is 4. The van der Waals surface area contributed by atoms with Crippen LogP contribution < -0.4 is 10.0 Å². The predicted molar refractivity (Wildman–Crippen MR) is 82.4 cm³/mol. The van der Waals surface area contributed by atoms with E-state index in [1.807, 2.05) is 20.8 Å². The summed E-state index contributed by atoms with van der Waals surface area (Å²) in [5.74, 6) is 0.0273. The Morgan fingerprint density at radius 1 is 1.14 bits per heavy atom. The molecule has 1 aliphatic carbocycles. The molecule has 2 aliphatic rings. The third-order valence-corrected chi connectivity index (χ3v) is 5.77. The van der Waals surface area contributed by atoms with Gasteiger partial charge in [0.1, 0.15) is 0 Å². The minimum atomic E-state index is -3.10. The molecule has 0 atom stereocenters. The lowest BCUT2D eigenvalue weighted by Crippen LogP contribution is -2.50. The fourth-order valence-electron chi connectivity index (χ4n) is 2.58. The predicted octanol–water partition coefficient (Wildman–Crippen LogP) is 0.447. The van der Waals surface area contributed by atoms with E-state index in [1.54, 1.807) is 0 Å². The molecule has 0 unspecified atom stereocenters. The third kappa shape index (κ3) is 5.56. The maximum absolute atomic E-state index is 11.9. The number of sulfonamides is 1. The number of amides is 1. The summed E-state index contributed by atoms with van der Waals surface area (Å²) in [6, 6.07) is 0.0255. The van der Waals surface area contributed by atoms with E-state index in [9.17, 15) is 13.2 Å². The molecule has 2 N–H and O–H groups in total. The zero-order valence-electron chi connectivity index (χ0n) is 13.2. The number of rotatable bonds is 5. The molecule has 2 fully saturated rings. The fraction of sp³-hybridized carbons (Fsp3) is 0.929. The molecule has 0 aromatic rings. The molecular weight excluding hydrogens is 290 g/mol. The topological polar surface area (TPSA) is 78.5 Å². The standard InChI is InChI=1S/C14H27N3O3S/c1-14(2,3)15-13(18)10-17-8-6-11(7-9-17)16-21(19,20)12-4-5-12/h11-12,16H,4-10H2,1-3H3,(H,15,18). The van der Waals surface area contributed by atoms with Crippen LogP contribution in [-0.4, -0.2) is 55.7 Å². The molecule has 21 heavy (non-hydrogen) atoms. The first-order chi connectivity index (χ1) is 9.66. The van der Waals surface area contributed by atoms with Gasteiger partial charge in [0.2, 0.25) is 15.9 Å². The molecule has 0 bridgehead atoms.